The molecule has 0 spiro atoms. The Morgan fingerprint density at radius 1 is 1.20 bits per heavy atom. The molecule has 0 aliphatic carbocycles. The van der Waals surface area contributed by atoms with Crippen molar-refractivity contribution < 1.29 is 14.3 Å². The number of aromatic nitrogens is 2. The highest BCUT2D eigenvalue weighted by Crippen LogP contribution is 2.30. The lowest BCUT2D eigenvalue weighted by molar-refractivity contribution is 0.0277. The van der Waals surface area contributed by atoms with Crippen LogP contribution in [0.3, 0.4) is 0 Å². The molecular weight excluding hydrogens is 470 g/mol. The average Bonchev–Trinajstić information content (AvgIpc) is 2.66. The summed E-state index contributed by atoms with van der Waals surface area (Å²) in [6.07, 6.45) is 1.30. The van der Waals surface area contributed by atoms with Gasteiger partial charge in [-0.15, -0.1) is 0 Å². The van der Waals surface area contributed by atoms with Crippen LogP contribution in [-0.4, -0.2) is 46.8 Å². The first kappa shape index (κ1) is 22.3. The number of carbonyl (C=O) groups is 1. The van der Waals surface area contributed by atoms with Crippen LogP contribution in [0.15, 0.2) is 47.1 Å². The number of rotatable bonds is 5. The highest BCUT2D eigenvalue weighted by atomic mass is 79.9. The van der Waals surface area contributed by atoms with Crippen molar-refractivity contribution in [3.8, 4) is 17.1 Å². The van der Waals surface area contributed by atoms with Gasteiger partial charge in [-0.2, -0.15) is 0 Å². The number of nitrogens with zero attached hydrogens (tertiary/aromatic N) is 3. The van der Waals surface area contributed by atoms with Crippen LogP contribution < -0.4 is 4.74 Å². The summed E-state index contributed by atoms with van der Waals surface area (Å²) in [4.78, 5) is 22.4. The van der Waals surface area contributed by atoms with E-state index in [-0.39, 0.29) is 6.09 Å². The Kier molecular flexibility index (Phi) is 6.83. The summed E-state index contributed by atoms with van der Waals surface area (Å²) in [6, 6.07) is 11.3. The van der Waals surface area contributed by atoms with Crippen LogP contribution in [0.2, 0.25) is 5.02 Å². The fourth-order valence-corrected chi connectivity index (χ4v) is 3.25. The molecule has 0 aliphatic heterocycles. The van der Waals surface area contributed by atoms with Crippen molar-refractivity contribution in [3.05, 3.63) is 52.1 Å². The first-order chi connectivity index (χ1) is 14.1. The third-order valence-electron chi connectivity index (χ3n) is 4.14. The Hall–Kier alpha value is -2.38. The molecule has 0 saturated heterocycles. The number of halogens is 2. The summed E-state index contributed by atoms with van der Waals surface area (Å²) >= 11 is 9.88. The van der Waals surface area contributed by atoms with E-state index < -0.39 is 5.60 Å². The lowest BCUT2D eigenvalue weighted by Gasteiger charge is -2.24. The van der Waals surface area contributed by atoms with Gasteiger partial charge in [0.25, 0.3) is 0 Å². The Labute approximate surface area is 189 Å². The lowest BCUT2D eigenvalue weighted by atomic mass is 10.1. The van der Waals surface area contributed by atoms with Crippen molar-refractivity contribution in [1.29, 1.82) is 0 Å². The van der Waals surface area contributed by atoms with Crippen molar-refractivity contribution in [2.24, 2.45) is 0 Å². The molecule has 1 aromatic carbocycles. The van der Waals surface area contributed by atoms with Gasteiger partial charge in [-0.1, -0.05) is 33.6 Å². The molecule has 1 amide bonds. The molecule has 6 nitrogen and oxygen atoms in total. The van der Waals surface area contributed by atoms with Gasteiger partial charge in [-0.25, -0.2) is 14.8 Å². The predicted octanol–water partition coefficient (Wildman–Crippen LogP) is 5.96. The third-order valence-corrected chi connectivity index (χ3v) is 4.94. The van der Waals surface area contributed by atoms with Crippen LogP contribution >= 0.6 is 27.5 Å². The number of ether oxygens (including phenoxy) is 2. The van der Waals surface area contributed by atoms with Gasteiger partial charge in [-0.05, 0) is 45.0 Å². The van der Waals surface area contributed by atoms with Crippen LogP contribution in [0.25, 0.3) is 22.2 Å². The second-order valence-electron chi connectivity index (χ2n) is 7.79. The van der Waals surface area contributed by atoms with E-state index in [9.17, 15) is 4.79 Å². The molecule has 158 valence electrons. The molecule has 0 N–H and O–H groups in total. The van der Waals surface area contributed by atoms with E-state index in [0.29, 0.717) is 24.1 Å². The van der Waals surface area contributed by atoms with Gasteiger partial charge >= 0.3 is 6.09 Å². The lowest BCUT2D eigenvalue weighted by Crippen LogP contribution is -2.36. The number of benzene rings is 1. The molecule has 3 rings (SSSR count). The standard InChI is InChI=1S/C22H23BrClN3O3/c1-22(2,3)30-21(28)27(4)9-10-29-20-8-5-14(13-25-20)18-12-17(24)16-7-6-15(23)11-19(16)26-18/h5-8,11-13H,9-10H2,1-4H3. The monoisotopic (exact) mass is 491 g/mol. The SMILES string of the molecule is CN(CCOc1ccc(-c2cc(Cl)c3ccc(Br)cc3n2)cn1)C(=O)OC(C)(C)C. The summed E-state index contributed by atoms with van der Waals surface area (Å²) < 4.78 is 11.9. The molecule has 2 aromatic heterocycles. The van der Waals surface area contributed by atoms with Crippen molar-refractivity contribution in [1.82, 2.24) is 14.9 Å². The Bertz CT molecular complexity index is 1050. The van der Waals surface area contributed by atoms with E-state index in [4.69, 9.17) is 21.1 Å². The van der Waals surface area contributed by atoms with Crippen LogP contribution in [-0.2, 0) is 4.74 Å². The fraction of sp³-hybridized carbons (Fsp3) is 0.318. The molecular formula is C22H23BrClN3O3. The largest absolute Gasteiger partial charge is 0.476 e. The van der Waals surface area contributed by atoms with Crippen molar-refractivity contribution in [3.63, 3.8) is 0 Å². The molecule has 0 fully saturated rings. The first-order valence-corrected chi connectivity index (χ1v) is 10.6. The molecule has 0 radical (unpaired) electrons. The maximum absolute atomic E-state index is 12.0. The minimum Gasteiger partial charge on any atom is -0.476 e. The van der Waals surface area contributed by atoms with Gasteiger partial charge in [0.15, 0.2) is 0 Å². The summed E-state index contributed by atoms with van der Waals surface area (Å²) in [6.45, 7) is 6.18. The quantitative estimate of drug-likeness (QED) is 0.440. The second-order valence-corrected chi connectivity index (χ2v) is 9.11. The van der Waals surface area contributed by atoms with E-state index in [1.165, 1.54) is 4.90 Å². The van der Waals surface area contributed by atoms with Crippen LogP contribution in [0.5, 0.6) is 5.88 Å². The second kappa shape index (κ2) is 9.18. The minimum absolute atomic E-state index is 0.302. The van der Waals surface area contributed by atoms with Gasteiger partial charge in [-0.3, -0.25) is 0 Å². The maximum atomic E-state index is 12.0. The molecule has 3 aromatic rings. The van der Waals surface area contributed by atoms with Gasteiger partial charge in [0.2, 0.25) is 5.88 Å². The van der Waals surface area contributed by atoms with Crippen molar-refractivity contribution in [2.75, 3.05) is 20.2 Å². The van der Waals surface area contributed by atoms with E-state index in [0.717, 1.165) is 26.6 Å². The highest BCUT2D eigenvalue weighted by molar-refractivity contribution is 9.10. The number of likely N-dealkylation sites (N-methyl/N-ethyl adjacent to an activating group) is 1. The normalized spacial score (nSPS) is 11.4. The molecule has 0 unspecified atom stereocenters. The number of amides is 1. The summed E-state index contributed by atoms with van der Waals surface area (Å²) in [5.41, 5.74) is 1.84. The van der Waals surface area contributed by atoms with Crippen LogP contribution in [0.4, 0.5) is 4.79 Å². The predicted molar refractivity (Wildman–Crippen MR) is 122 cm³/mol. The fourth-order valence-electron chi connectivity index (χ4n) is 2.64. The van der Waals surface area contributed by atoms with Gasteiger partial charge < -0.3 is 14.4 Å². The van der Waals surface area contributed by atoms with Gasteiger partial charge in [0.1, 0.15) is 12.2 Å². The zero-order valence-corrected chi connectivity index (χ0v) is 19.6. The topological polar surface area (TPSA) is 64.5 Å². The molecule has 2 heterocycles. The molecule has 0 atom stereocenters. The number of hydrogen-bond donors (Lipinski definition) is 0. The van der Waals surface area contributed by atoms with E-state index >= 15 is 0 Å². The van der Waals surface area contributed by atoms with Crippen molar-refractivity contribution >= 4 is 44.5 Å². The number of fused-ring (bicyclic) bond motifs is 1. The smallest absolute Gasteiger partial charge is 0.410 e. The maximum Gasteiger partial charge on any atom is 0.410 e. The van der Waals surface area contributed by atoms with Crippen molar-refractivity contribution in [2.45, 2.75) is 26.4 Å². The number of pyridine rings is 2. The number of carbonyl (C=O) groups excluding carboxylic acids is 1. The average molecular weight is 493 g/mol. The highest BCUT2D eigenvalue weighted by Gasteiger charge is 2.19. The van der Waals surface area contributed by atoms with E-state index in [2.05, 4.69) is 25.9 Å². The Balaban J connectivity index is 1.63. The summed E-state index contributed by atoms with van der Waals surface area (Å²) in [5.74, 6) is 0.464. The zero-order valence-electron chi connectivity index (χ0n) is 17.3. The summed E-state index contributed by atoms with van der Waals surface area (Å²) in [7, 11) is 1.67. The third kappa shape index (κ3) is 5.83. The van der Waals surface area contributed by atoms with E-state index in [1.54, 1.807) is 19.3 Å². The van der Waals surface area contributed by atoms with Gasteiger partial charge in [0, 0.05) is 34.7 Å². The molecule has 0 aliphatic rings. The van der Waals surface area contributed by atoms with Crippen LogP contribution in [0.1, 0.15) is 20.8 Å². The molecule has 0 bridgehead atoms. The molecule has 0 saturated carbocycles. The minimum atomic E-state index is -0.528. The molecule has 30 heavy (non-hydrogen) atoms. The zero-order chi connectivity index (χ0) is 21.9. The number of hydrogen-bond acceptors (Lipinski definition) is 5. The Morgan fingerprint density at radius 3 is 2.63 bits per heavy atom. The van der Waals surface area contributed by atoms with E-state index in [1.807, 2.05) is 51.1 Å². The molecule has 8 heteroatoms. The summed E-state index contributed by atoms with van der Waals surface area (Å²) in [5, 5.41) is 1.53. The first-order valence-electron chi connectivity index (χ1n) is 9.41. The van der Waals surface area contributed by atoms with Gasteiger partial charge in [0.05, 0.1) is 22.8 Å². The van der Waals surface area contributed by atoms with Crippen LogP contribution in [0, 0.1) is 0 Å². The Morgan fingerprint density at radius 2 is 1.97 bits per heavy atom.